The van der Waals surface area contributed by atoms with Gasteiger partial charge < -0.3 is 4.79 Å². The molecule has 0 aliphatic carbocycles. The number of carbonyl (C=O) groups is 1. The van der Waals surface area contributed by atoms with E-state index in [2.05, 4.69) is 27.7 Å². The third kappa shape index (κ3) is 2.32. The average molecular weight is 156 g/mol. The molecule has 0 aliphatic heterocycles. The Morgan fingerprint density at radius 1 is 1.18 bits per heavy atom. The second kappa shape index (κ2) is 3.38. The predicted molar refractivity (Wildman–Crippen MR) is 48.5 cm³/mol. The smallest absolute Gasteiger partial charge is 0.126 e. The van der Waals surface area contributed by atoms with Gasteiger partial charge in [0, 0.05) is 5.41 Å². The van der Waals surface area contributed by atoms with Gasteiger partial charge in [-0.05, 0) is 11.8 Å². The van der Waals surface area contributed by atoms with Gasteiger partial charge in [0.25, 0.3) is 0 Å². The van der Waals surface area contributed by atoms with E-state index in [9.17, 15) is 4.79 Å². The molecule has 1 unspecified atom stereocenters. The van der Waals surface area contributed by atoms with Crippen LogP contribution in [0.4, 0.5) is 0 Å². The largest absolute Gasteiger partial charge is 0.303 e. The zero-order valence-corrected chi connectivity index (χ0v) is 8.40. The first-order valence-electron chi connectivity index (χ1n) is 4.34. The Labute approximate surface area is 70.2 Å². The van der Waals surface area contributed by atoms with Crippen molar-refractivity contribution >= 4 is 6.29 Å². The van der Waals surface area contributed by atoms with Gasteiger partial charge in [0.2, 0.25) is 0 Å². The van der Waals surface area contributed by atoms with Crippen LogP contribution in [-0.2, 0) is 4.79 Å². The highest BCUT2D eigenvalue weighted by molar-refractivity contribution is 5.60. The van der Waals surface area contributed by atoms with Crippen molar-refractivity contribution in [3.8, 4) is 0 Å². The Bertz CT molecular complexity index is 132. The molecule has 0 saturated carbocycles. The molecule has 0 aromatic heterocycles. The molecule has 0 radical (unpaired) electrons. The van der Waals surface area contributed by atoms with Gasteiger partial charge in [0.05, 0.1) is 0 Å². The molecule has 1 heteroatoms. The van der Waals surface area contributed by atoms with Gasteiger partial charge in [0.15, 0.2) is 0 Å². The normalized spacial score (nSPS) is 17.5. The van der Waals surface area contributed by atoms with E-state index >= 15 is 0 Å². The lowest BCUT2D eigenvalue weighted by molar-refractivity contribution is -0.121. The molecule has 0 heterocycles. The van der Waals surface area contributed by atoms with E-state index in [0.29, 0.717) is 0 Å². The van der Waals surface area contributed by atoms with Crippen LogP contribution in [0.2, 0.25) is 0 Å². The molecule has 0 aliphatic rings. The molecule has 0 aromatic carbocycles. The second-order valence-electron chi connectivity index (χ2n) is 4.54. The van der Waals surface area contributed by atoms with Gasteiger partial charge in [-0.25, -0.2) is 0 Å². The summed E-state index contributed by atoms with van der Waals surface area (Å²) in [6, 6.07) is 0. The molecule has 11 heavy (non-hydrogen) atoms. The first-order valence-corrected chi connectivity index (χ1v) is 4.34. The van der Waals surface area contributed by atoms with Crippen LogP contribution in [0.5, 0.6) is 0 Å². The SMILES string of the molecule is CCCC(C)(C=O)C(C)(C)C. The molecule has 0 saturated heterocycles. The van der Waals surface area contributed by atoms with Crippen molar-refractivity contribution in [3.05, 3.63) is 0 Å². The van der Waals surface area contributed by atoms with Gasteiger partial charge in [-0.2, -0.15) is 0 Å². The number of hydrogen-bond donors (Lipinski definition) is 0. The lowest BCUT2D eigenvalue weighted by Crippen LogP contribution is -2.34. The van der Waals surface area contributed by atoms with Gasteiger partial charge in [0.1, 0.15) is 6.29 Å². The van der Waals surface area contributed by atoms with Crippen LogP contribution < -0.4 is 0 Å². The highest BCUT2D eigenvalue weighted by Gasteiger charge is 2.35. The number of aldehydes is 1. The van der Waals surface area contributed by atoms with Crippen molar-refractivity contribution in [1.82, 2.24) is 0 Å². The third-order valence-electron chi connectivity index (χ3n) is 2.74. The monoisotopic (exact) mass is 156 g/mol. The lowest BCUT2D eigenvalue weighted by atomic mass is 9.66. The molecule has 1 atom stereocenters. The molecule has 0 N–H and O–H groups in total. The molecule has 0 amide bonds. The maximum absolute atomic E-state index is 10.9. The van der Waals surface area contributed by atoms with Crippen molar-refractivity contribution in [2.75, 3.05) is 0 Å². The summed E-state index contributed by atoms with van der Waals surface area (Å²) in [5.74, 6) is 0. The van der Waals surface area contributed by atoms with Crippen LogP contribution in [0.1, 0.15) is 47.5 Å². The van der Waals surface area contributed by atoms with E-state index in [-0.39, 0.29) is 10.8 Å². The van der Waals surface area contributed by atoms with Gasteiger partial charge in [-0.15, -0.1) is 0 Å². The number of carbonyl (C=O) groups excluding carboxylic acids is 1. The van der Waals surface area contributed by atoms with Crippen molar-refractivity contribution in [2.45, 2.75) is 47.5 Å². The Hall–Kier alpha value is -0.330. The fourth-order valence-electron chi connectivity index (χ4n) is 1.13. The first-order chi connectivity index (χ1) is 4.87. The summed E-state index contributed by atoms with van der Waals surface area (Å²) in [4.78, 5) is 10.9. The minimum atomic E-state index is -0.151. The van der Waals surface area contributed by atoms with E-state index in [1.54, 1.807) is 0 Å². The van der Waals surface area contributed by atoms with E-state index in [0.717, 1.165) is 19.1 Å². The van der Waals surface area contributed by atoms with E-state index in [4.69, 9.17) is 0 Å². The van der Waals surface area contributed by atoms with E-state index in [1.807, 2.05) is 6.92 Å². The van der Waals surface area contributed by atoms with Gasteiger partial charge in [-0.3, -0.25) is 0 Å². The van der Waals surface area contributed by atoms with Crippen LogP contribution in [0.25, 0.3) is 0 Å². The van der Waals surface area contributed by atoms with Crippen molar-refractivity contribution in [1.29, 1.82) is 0 Å². The molecule has 0 spiro atoms. The van der Waals surface area contributed by atoms with E-state index in [1.165, 1.54) is 0 Å². The fraction of sp³-hybridized carbons (Fsp3) is 0.900. The maximum atomic E-state index is 10.9. The highest BCUT2D eigenvalue weighted by atomic mass is 16.1. The van der Waals surface area contributed by atoms with Crippen LogP contribution in [0, 0.1) is 10.8 Å². The van der Waals surface area contributed by atoms with Crippen LogP contribution in [0.15, 0.2) is 0 Å². The molecular weight excluding hydrogens is 136 g/mol. The van der Waals surface area contributed by atoms with Gasteiger partial charge >= 0.3 is 0 Å². The van der Waals surface area contributed by atoms with Crippen LogP contribution in [-0.4, -0.2) is 6.29 Å². The Morgan fingerprint density at radius 2 is 1.64 bits per heavy atom. The minimum Gasteiger partial charge on any atom is -0.303 e. The van der Waals surface area contributed by atoms with Gasteiger partial charge in [-0.1, -0.05) is 41.0 Å². The maximum Gasteiger partial charge on any atom is 0.126 e. The Morgan fingerprint density at radius 3 is 1.73 bits per heavy atom. The molecule has 0 fully saturated rings. The molecule has 66 valence electrons. The van der Waals surface area contributed by atoms with Crippen LogP contribution in [0.3, 0.4) is 0 Å². The topological polar surface area (TPSA) is 17.1 Å². The summed E-state index contributed by atoms with van der Waals surface area (Å²) in [6.07, 6.45) is 3.17. The lowest BCUT2D eigenvalue weighted by Gasteiger charge is -2.37. The summed E-state index contributed by atoms with van der Waals surface area (Å²) < 4.78 is 0. The van der Waals surface area contributed by atoms with Crippen molar-refractivity contribution < 1.29 is 4.79 Å². The summed E-state index contributed by atoms with van der Waals surface area (Å²) in [7, 11) is 0. The standard InChI is InChI=1S/C10H20O/c1-6-7-10(5,8-11)9(2,3)4/h8H,6-7H2,1-5H3. The van der Waals surface area contributed by atoms with Crippen molar-refractivity contribution in [2.24, 2.45) is 10.8 Å². The Kier molecular flexibility index (Phi) is 3.28. The summed E-state index contributed by atoms with van der Waals surface area (Å²) in [6.45, 7) is 10.5. The molecule has 0 aromatic rings. The molecule has 1 nitrogen and oxygen atoms in total. The minimum absolute atomic E-state index is 0.0881. The second-order valence-corrected chi connectivity index (χ2v) is 4.54. The zero-order valence-electron chi connectivity index (χ0n) is 8.40. The summed E-state index contributed by atoms with van der Waals surface area (Å²) >= 11 is 0. The molecular formula is C10H20O. The first kappa shape index (κ1) is 10.7. The number of rotatable bonds is 3. The third-order valence-corrected chi connectivity index (χ3v) is 2.74. The zero-order chi connectivity index (χ0) is 9.12. The Balaban J connectivity index is 4.46. The fourth-order valence-corrected chi connectivity index (χ4v) is 1.13. The van der Waals surface area contributed by atoms with E-state index < -0.39 is 0 Å². The molecule has 0 bridgehead atoms. The number of hydrogen-bond acceptors (Lipinski definition) is 1. The molecule has 0 rings (SSSR count). The average Bonchev–Trinajstić information content (AvgIpc) is 1.86. The highest BCUT2D eigenvalue weighted by Crippen LogP contribution is 2.39. The van der Waals surface area contributed by atoms with Crippen molar-refractivity contribution in [3.63, 3.8) is 0 Å². The quantitative estimate of drug-likeness (QED) is 0.574. The summed E-state index contributed by atoms with van der Waals surface area (Å²) in [5.41, 5.74) is -0.0630. The summed E-state index contributed by atoms with van der Waals surface area (Å²) in [5, 5.41) is 0. The predicted octanol–water partition coefficient (Wildman–Crippen LogP) is 3.04. The van der Waals surface area contributed by atoms with Crippen LogP contribution >= 0.6 is 0 Å².